The highest BCUT2D eigenvalue weighted by molar-refractivity contribution is 8.19. The Morgan fingerprint density at radius 1 is 1.17 bits per heavy atom. The van der Waals surface area contributed by atoms with Crippen LogP contribution in [0.15, 0.2) is 0 Å². The van der Waals surface area contributed by atoms with Gasteiger partial charge in [0.25, 0.3) is 0 Å². The van der Waals surface area contributed by atoms with Gasteiger partial charge in [0.1, 0.15) is 0 Å². The lowest BCUT2D eigenvalue weighted by Gasteiger charge is -2.41. The third kappa shape index (κ3) is 6.26. The van der Waals surface area contributed by atoms with E-state index in [1.807, 2.05) is 0 Å². The molecule has 0 saturated heterocycles. The third-order valence-electron chi connectivity index (χ3n) is 4.25. The minimum atomic E-state index is -1.77. The van der Waals surface area contributed by atoms with Crippen LogP contribution in [0.4, 0.5) is 0 Å². The van der Waals surface area contributed by atoms with Gasteiger partial charge >= 0.3 is 0 Å². The van der Waals surface area contributed by atoms with E-state index in [0.29, 0.717) is 5.04 Å². The summed E-state index contributed by atoms with van der Waals surface area (Å²) in [6, 6.07) is 1.21. The second-order valence-electron chi connectivity index (χ2n) is 7.23. The Kier molecular flexibility index (Phi) is 7.24. The second kappa shape index (κ2) is 6.96. The van der Waals surface area contributed by atoms with Crippen molar-refractivity contribution < 1.29 is 4.43 Å². The second-order valence-corrected chi connectivity index (χ2v) is 20.7. The van der Waals surface area contributed by atoms with Crippen LogP contribution in [0.25, 0.3) is 0 Å². The van der Waals surface area contributed by atoms with Crippen LogP contribution in [0.1, 0.15) is 68.2 Å². The molecule has 0 spiro atoms. The van der Waals surface area contributed by atoms with Gasteiger partial charge < -0.3 is 4.43 Å². The minimum absolute atomic E-state index is 0.00318. The van der Waals surface area contributed by atoms with Crippen LogP contribution in [-0.4, -0.2) is 21.6 Å². The van der Waals surface area contributed by atoms with Gasteiger partial charge in [-0.1, -0.05) is 48.0 Å². The molecule has 0 aromatic carbocycles. The predicted molar refractivity (Wildman–Crippen MR) is 92.7 cm³/mol. The molecule has 0 radical (unpaired) electrons. The van der Waals surface area contributed by atoms with Gasteiger partial charge in [0.2, 0.25) is 6.98 Å². The maximum absolute atomic E-state index is 6.57. The summed E-state index contributed by atoms with van der Waals surface area (Å²) in [6.45, 7) is 16.7. The summed E-state index contributed by atoms with van der Waals surface area (Å²) in [6.07, 6.45) is 2.28. The van der Waals surface area contributed by atoms with Crippen molar-refractivity contribution in [3.8, 4) is 0 Å². The number of rotatable bonds is 8. The van der Waals surface area contributed by atoms with Gasteiger partial charge in [-0.2, -0.15) is 12.1 Å². The SMILES string of the molecule is CCC[Si](S)(OC(C)(C)CC)[SiH2]C(C)(C)C(C)C. The van der Waals surface area contributed by atoms with Crippen molar-refractivity contribution in [2.24, 2.45) is 5.92 Å². The molecule has 0 aliphatic rings. The maximum atomic E-state index is 6.57. The molecule has 0 bridgehead atoms. The van der Waals surface area contributed by atoms with Crippen LogP contribution < -0.4 is 0 Å². The molecule has 1 atom stereocenters. The fraction of sp³-hybridized carbons (Fsp3) is 1.00. The molecule has 0 aromatic rings. The van der Waals surface area contributed by atoms with E-state index in [1.165, 1.54) is 12.5 Å². The maximum Gasteiger partial charge on any atom is 0.229 e. The fourth-order valence-electron chi connectivity index (χ4n) is 2.07. The number of hydrogen-bond acceptors (Lipinski definition) is 2. The predicted octanol–water partition coefficient (Wildman–Crippen LogP) is 4.49. The molecule has 0 aliphatic carbocycles. The van der Waals surface area contributed by atoms with E-state index in [9.17, 15) is 0 Å². The molecule has 18 heavy (non-hydrogen) atoms. The van der Waals surface area contributed by atoms with Gasteiger partial charge in [0.05, 0.1) is 14.6 Å². The van der Waals surface area contributed by atoms with E-state index in [-0.39, 0.29) is 14.6 Å². The molecule has 0 N–H and O–H groups in total. The number of hydrogen-bond donors (Lipinski definition) is 1. The zero-order chi connectivity index (χ0) is 14.6. The van der Waals surface area contributed by atoms with Crippen LogP contribution in [0.2, 0.25) is 11.1 Å². The topological polar surface area (TPSA) is 9.23 Å². The monoisotopic (exact) mass is 306 g/mol. The Morgan fingerprint density at radius 3 is 2.00 bits per heavy atom. The van der Waals surface area contributed by atoms with E-state index in [2.05, 4.69) is 55.4 Å². The highest BCUT2D eigenvalue weighted by Gasteiger charge is 2.41. The zero-order valence-corrected chi connectivity index (χ0v) is 17.1. The van der Waals surface area contributed by atoms with E-state index in [4.69, 9.17) is 16.5 Å². The van der Waals surface area contributed by atoms with Crippen LogP contribution in [0, 0.1) is 5.92 Å². The molecule has 0 fully saturated rings. The Bertz CT molecular complexity index is 254. The lowest BCUT2D eigenvalue weighted by Crippen LogP contribution is -2.50. The van der Waals surface area contributed by atoms with Crippen LogP contribution in [-0.2, 0) is 4.43 Å². The number of thiol groups is 1. The summed E-state index contributed by atoms with van der Waals surface area (Å²) in [5.74, 6) is 0.730. The highest BCUT2D eigenvalue weighted by Crippen LogP contribution is 2.39. The molecule has 0 saturated carbocycles. The molecule has 0 heterocycles. The highest BCUT2D eigenvalue weighted by atomic mass is 32.3. The van der Waals surface area contributed by atoms with Gasteiger partial charge in [-0.15, -0.1) is 0 Å². The summed E-state index contributed by atoms with van der Waals surface area (Å²) in [5.41, 5.74) is 0.00318. The summed E-state index contributed by atoms with van der Waals surface area (Å²) in [7, 11) is -0.310. The van der Waals surface area contributed by atoms with Crippen molar-refractivity contribution in [2.75, 3.05) is 0 Å². The molecule has 0 aromatic heterocycles. The van der Waals surface area contributed by atoms with Crippen molar-refractivity contribution >= 4 is 28.1 Å². The molecular weight excluding hydrogens is 272 g/mol. The van der Waals surface area contributed by atoms with Gasteiger partial charge in [-0.3, -0.25) is 0 Å². The summed E-state index contributed by atoms with van der Waals surface area (Å²) in [4.78, 5) is 0. The first-order valence-electron chi connectivity index (χ1n) is 7.40. The summed E-state index contributed by atoms with van der Waals surface area (Å²) in [5, 5.41) is 0.451. The first-order valence-corrected chi connectivity index (χ1v) is 13.8. The Balaban J connectivity index is 4.93. The Morgan fingerprint density at radius 2 is 1.67 bits per heavy atom. The van der Waals surface area contributed by atoms with Gasteiger partial charge in [0.15, 0.2) is 0 Å². The van der Waals surface area contributed by atoms with E-state index >= 15 is 0 Å². The van der Waals surface area contributed by atoms with Gasteiger partial charge in [0, 0.05) is 0 Å². The lowest BCUT2D eigenvalue weighted by atomic mass is 9.99. The van der Waals surface area contributed by atoms with E-state index in [0.717, 1.165) is 12.3 Å². The molecule has 1 nitrogen and oxygen atoms in total. The first kappa shape index (κ1) is 18.7. The average Bonchev–Trinajstić information content (AvgIpc) is 2.15. The third-order valence-corrected chi connectivity index (χ3v) is 17.0. The fourth-order valence-corrected chi connectivity index (χ4v) is 19.8. The molecule has 1 unspecified atom stereocenters. The quantitative estimate of drug-likeness (QED) is 0.513. The molecular formula is C14H34OSSi2. The van der Waals surface area contributed by atoms with Gasteiger partial charge in [-0.25, -0.2) is 0 Å². The summed E-state index contributed by atoms with van der Waals surface area (Å²) < 4.78 is 6.57. The van der Waals surface area contributed by atoms with Crippen molar-refractivity contribution in [2.45, 2.75) is 84.9 Å². The first-order chi connectivity index (χ1) is 7.98. The standard InChI is InChI=1S/C14H34OSSi2/c1-9-11-18(16,15-13(5,6)10-2)17-14(7,8)12(3)4/h12,16H,9-11,17H2,1-8H3. The molecule has 0 amide bonds. The van der Waals surface area contributed by atoms with Crippen LogP contribution in [0.5, 0.6) is 0 Å². The van der Waals surface area contributed by atoms with Crippen molar-refractivity contribution in [1.82, 2.24) is 0 Å². The minimum Gasteiger partial charge on any atom is -0.406 e. The van der Waals surface area contributed by atoms with E-state index in [1.54, 1.807) is 0 Å². The van der Waals surface area contributed by atoms with E-state index < -0.39 is 6.98 Å². The zero-order valence-electron chi connectivity index (χ0n) is 13.8. The Labute approximate surface area is 123 Å². The average molecular weight is 307 g/mol. The normalized spacial score (nSPS) is 17.7. The molecule has 0 aliphatic heterocycles. The summed E-state index contributed by atoms with van der Waals surface area (Å²) >= 11 is 5.11. The Hall–Kier alpha value is 0.744. The largest absolute Gasteiger partial charge is 0.406 e. The van der Waals surface area contributed by atoms with Crippen molar-refractivity contribution in [3.05, 3.63) is 0 Å². The smallest absolute Gasteiger partial charge is 0.229 e. The lowest BCUT2D eigenvalue weighted by molar-refractivity contribution is 0.104. The van der Waals surface area contributed by atoms with Crippen LogP contribution >= 0.6 is 12.1 Å². The molecule has 4 heteroatoms. The van der Waals surface area contributed by atoms with Crippen molar-refractivity contribution in [3.63, 3.8) is 0 Å². The van der Waals surface area contributed by atoms with Crippen molar-refractivity contribution in [1.29, 1.82) is 0 Å². The van der Waals surface area contributed by atoms with Gasteiger partial charge in [-0.05, 0) is 37.3 Å². The molecule has 110 valence electrons. The van der Waals surface area contributed by atoms with Crippen LogP contribution in [0.3, 0.4) is 0 Å². The molecule has 0 rings (SSSR count).